The molecule has 1 amide bonds. The molecule has 0 radical (unpaired) electrons. The van der Waals surface area contributed by atoms with Crippen molar-refractivity contribution in [3.63, 3.8) is 0 Å². The molecule has 0 saturated carbocycles. The smallest absolute Gasteiger partial charge is 0.222 e. The number of nitrogens with one attached hydrogen (secondary N) is 1. The van der Waals surface area contributed by atoms with E-state index in [1.165, 1.54) is 12.8 Å². The molecule has 112 valence electrons. The van der Waals surface area contributed by atoms with Gasteiger partial charge in [-0.3, -0.25) is 4.79 Å². The van der Waals surface area contributed by atoms with E-state index in [0.717, 1.165) is 32.5 Å². The lowest BCUT2D eigenvalue weighted by atomic mass is 9.80. The number of nitrogens with zero attached hydrogens (tertiary/aromatic N) is 1. The van der Waals surface area contributed by atoms with Crippen LogP contribution in [0.4, 0.5) is 0 Å². The average Bonchev–Trinajstić information content (AvgIpc) is 2.70. The van der Waals surface area contributed by atoms with E-state index in [0.29, 0.717) is 17.9 Å². The summed E-state index contributed by atoms with van der Waals surface area (Å²) in [7, 11) is 0. The number of amides is 1. The average molecular weight is 268 g/mol. The van der Waals surface area contributed by atoms with Gasteiger partial charge in [-0.1, -0.05) is 34.6 Å². The first-order chi connectivity index (χ1) is 8.88. The summed E-state index contributed by atoms with van der Waals surface area (Å²) in [6.07, 6.45) is 4.21. The third kappa shape index (κ3) is 5.13. The molecule has 2 unspecified atom stereocenters. The predicted octanol–water partition coefficient (Wildman–Crippen LogP) is 3.05. The number of likely N-dealkylation sites (tertiary alicyclic amines) is 1. The SMILES string of the molecule is CCNC(CC)CCCN1CC(C(C)(C)C)CC1=O. The molecule has 19 heavy (non-hydrogen) atoms. The Bertz CT molecular complexity index is 283. The van der Waals surface area contributed by atoms with E-state index in [1.807, 2.05) is 0 Å². The Hall–Kier alpha value is -0.570. The van der Waals surface area contributed by atoms with Crippen LogP contribution in [0, 0.1) is 11.3 Å². The summed E-state index contributed by atoms with van der Waals surface area (Å²) >= 11 is 0. The maximum Gasteiger partial charge on any atom is 0.222 e. The van der Waals surface area contributed by atoms with Crippen molar-refractivity contribution in [1.29, 1.82) is 0 Å². The van der Waals surface area contributed by atoms with E-state index in [2.05, 4.69) is 44.8 Å². The fourth-order valence-electron chi connectivity index (χ4n) is 2.84. The lowest BCUT2D eigenvalue weighted by molar-refractivity contribution is -0.127. The number of rotatable bonds is 7. The fraction of sp³-hybridized carbons (Fsp3) is 0.938. The van der Waals surface area contributed by atoms with E-state index in [1.54, 1.807) is 0 Å². The van der Waals surface area contributed by atoms with Crippen LogP contribution in [-0.4, -0.2) is 36.5 Å². The summed E-state index contributed by atoms with van der Waals surface area (Å²) in [5.41, 5.74) is 0.250. The topological polar surface area (TPSA) is 32.3 Å². The summed E-state index contributed by atoms with van der Waals surface area (Å²) in [5.74, 6) is 0.882. The Morgan fingerprint density at radius 3 is 2.53 bits per heavy atom. The molecule has 0 aliphatic carbocycles. The summed E-state index contributed by atoms with van der Waals surface area (Å²) in [5, 5.41) is 3.50. The maximum absolute atomic E-state index is 12.0. The van der Waals surface area contributed by atoms with Gasteiger partial charge in [0.1, 0.15) is 0 Å². The van der Waals surface area contributed by atoms with E-state index >= 15 is 0 Å². The fourth-order valence-corrected chi connectivity index (χ4v) is 2.84. The highest BCUT2D eigenvalue weighted by atomic mass is 16.2. The zero-order valence-corrected chi connectivity index (χ0v) is 13.5. The molecule has 1 heterocycles. The second-order valence-corrected chi connectivity index (χ2v) is 6.91. The third-order valence-electron chi connectivity index (χ3n) is 4.41. The minimum Gasteiger partial charge on any atom is -0.342 e. The summed E-state index contributed by atoms with van der Waals surface area (Å²) in [6, 6.07) is 0.612. The highest BCUT2D eigenvalue weighted by molar-refractivity contribution is 5.78. The van der Waals surface area contributed by atoms with Gasteiger partial charge in [-0.05, 0) is 37.1 Å². The van der Waals surface area contributed by atoms with E-state index in [-0.39, 0.29) is 5.41 Å². The number of carbonyl (C=O) groups is 1. The van der Waals surface area contributed by atoms with Gasteiger partial charge in [0.25, 0.3) is 0 Å². The third-order valence-corrected chi connectivity index (χ3v) is 4.41. The largest absolute Gasteiger partial charge is 0.342 e. The Balaban J connectivity index is 2.32. The van der Waals surface area contributed by atoms with Crippen LogP contribution in [0.1, 0.15) is 60.3 Å². The van der Waals surface area contributed by atoms with Crippen molar-refractivity contribution in [3.05, 3.63) is 0 Å². The summed E-state index contributed by atoms with van der Waals surface area (Å²) < 4.78 is 0. The Kier molecular flexibility index (Phi) is 6.31. The predicted molar refractivity (Wildman–Crippen MR) is 81.1 cm³/mol. The van der Waals surface area contributed by atoms with Gasteiger partial charge in [-0.15, -0.1) is 0 Å². The van der Waals surface area contributed by atoms with Gasteiger partial charge in [0, 0.05) is 25.6 Å². The molecule has 3 heteroatoms. The number of hydrogen-bond acceptors (Lipinski definition) is 2. The minimum atomic E-state index is 0.250. The Morgan fingerprint density at radius 1 is 1.37 bits per heavy atom. The van der Waals surface area contributed by atoms with Crippen molar-refractivity contribution in [2.75, 3.05) is 19.6 Å². The molecule has 0 aromatic carbocycles. The van der Waals surface area contributed by atoms with Crippen LogP contribution in [0.2, 0.25) is 0 Å². The highest BCUT2D eigenvalue weighted by Gasteiger charge is 2.36. The second kappa shape index (κ2) is 7.28. The Morgan fingerprint density at radius 2 is 2.05 bits per heavy atom. The molecule has 1 fully saturated rings. The lowest BCUT2D eigenvalue weighted by Crippen LogP contribution is -2.31. The molecule has 1 rings (SSSR count). The molecule has 1 saturated heterocycles. The quantitative estimate of drug-likeness (QED) is 0.769. The monoisotopic (exact) mass is 268 g/mol. The van der Waals surface area contributed by atoms with Gasteiger partial charge in [0.15, 0.2) is 0 Å². The Labute approximate surface area is 119 Å². The zero-order valence-electron chi connectivity index (χ0n) is 13.5. The maximum atomic E-state index is 12.0. The van der Waals surface area contributed by atoms with Crippen LogP contribution in [0.3, 0.4) is 0 Å². The molecule has 1 N–H and O–H groups in total. The first kappa shape index (κ1) is 16.5. The molecule has 0 spiro atoms. The van der Waals surface area contributed by atoms with E-state index in [4.69, 9.17) is 0 Å². The van der Waals surface area contributed by atoms with Gasteiger partial charge in [0.05, 0.1) is 0 Å². The van der Waals surface area contributed by atoms with Gasteiger partial charge >= 0.3 is 0 Å². The van der Waals surface area contributed by atoms with Crippen LogP contribution in [0.15, 0.2) is 0 Å². The van der Waals surface area contributed by atoms with Crippen LogP contribution in [0.5, 0.6) is 0 Å². The minimum absolute atomic E-state index is 0.250. The van der Waals surface area contributed by atoms with Gasteiger partial charge in [-0.25, -0.2) is 0 Å². The van der Waals surface area contributed by atoms with Crippen molar-refractivity contribution < 1.29 is 4.79 Å². The van der Waals surface area contributed by atoms with Crippen molar-refractivity contribution in [2.24, 2.45) is 11.3 Å². The van der Waals surface area contributed by atoms with Crippen molar-refractivity contribution in [2.45, 2.75) is 66.3 Å². The van der Waals surface area contributed by atoms with Gasteiger partial charge < -0.3 is 10.2 Å². The molecule has 0 aromatic rings. The van der Waals surface area contributed by atoms with Crippen molar-refractivity contribution in [1.82, 2.24) is 10.2 Å². The second-order valence-electron chi connectivity index (χ2n) is 6.91. The highest BCUT2D eigenvalue weighted by Crippen LogP contribution is 2.34. The normalized spacial score (nSPS) is 22.1. The van der Waals surface area contributed by atoms with Crippen LogP contribution in [0.25, 0.3) is 0 Å². The van der Waals surface area contributed by atoms with Gasteiger partial charge in [-0.2, -0.15) is 0 Å². The molecular weight excluding hydrogens is 236 g/mol. The first-order valence-corrected chi connectivity index (χ1v) is 7.89. The van der Waals surface area contributed by atoms with Crippen molar-refractivity contribution >= 4 is 5.91 Å². The molecule has 3 nitrogen and oxygen atoms in total. The molecular formula is C16H32N2O. The summed E-state index contributed by atoms with van der Waals surface area (Å²) in [6.45, 7) is 14.0. The molecule has 1 aliphatic rings. The van der Waals surface area contributed by atoms with Crippen molar-refractivity contribution in [3.8, 4) is 0 Å². The molecule has 2 atom stereocenters. The standard InChI is InChI=1S/C16H32N2O/c1-6-14(17-7-2)9-8-10-18-12-13(11-15(18)19)16(3,4)5/h13-14,17H,6-12H2,1-5H3. The number of carbonyl (C=O) groups excluding carboxylic acids is 1. The van der Waals surface area contributed by atoms with Crippen LogP contribution in [-0.2, 0) is 4.79 Å². The van der Waals surface area contributed by atoms with E-state index < -0.39 is 0 Å². The van der Waals surface area contributed by atoms with E-state index in [9.17, 15) is 4.79 Å². The molecule has 0 aromatic heterocycles. The molecule has 1 aliphatic heterocycles. The summed E-state index contributed by atoms with van der Waals surface area (Å²) in [4.78, 5) is 14.1. The van der Waals surface area contributed by atoms with Crippen LogP contribution >= 0.6 is 0 Å². The number of hydrogen-bond donors (Lipinski definition) is 1. The van der Waals surface area contributed by atoms with Gasteiger partial charge in [0.2, 0.25) is 5.91 Å². The first-order valence-electron chi connectivity index (χ1n) is 7.89. The lowest BCUT2D eigenvalue weighted by Gasteiger charge is -2.26. The zero-order chi connectivity index (χ0) is 14.5. The van der Waals surface area contributed by atoms with Crippen LogP contribution < -0.4 is 5.32 Å². The molecule has 0 bridgehead atoms.